The van der Waals surface area contributed by atoms with Crippen LogP contribution in [0.1, 0.15) is 73.3 Å². The first-order valence-electron chi connectivity index (χ1n) is 14.5. The first-order chi connectivity index (χ1) is 18.6. The Morgan fingerprint density at radius 3 is 2.28 bits per heavy atom. The fourth-order valence-corrected chi connectivity index (χ4v) is 6.73. The molecule has 2 saturated heterocycles. The number of rotatable bonds is 6. The minimum atomic E-state index is -0.319. The number of piperidine rings is 1. The minimum Gasteiger partial charge on any atom is -0.342 e. The topological polar surface area (TPSA) is 69.6 Å². The van der Waals surface area contributed by atoms with E-state index in [4.69, 9.17) is 0 Å². The summed E-state index contributed by atoms with van der Waals surface area (Å²) in [7, 11) is 0. The Bertz CT molecular complexity index is 1210. The summed E-state index contributed by atoms with van der Waals surface area (Å²) in [6.07, 6.45) is 6.84. The third-order valence-electron chi connectivity index (χ3n) is 8.87. The van der Waals surface area contributed by atoms with Crippen molar-refractivity contribution in [3.8, 4) is 0 Å². The molecule has 5 rings (SSSR count). The summed E-state index contributed by atoms with van der Waals surface area (Å²) in [4.78, 5) is 41.0. The lowest BCUT2D eigenvalue weighted by molar-refractivity contribution is -0.141. The summed E-state index contributed by atoms with van der Waals surface area (Å²) in [6, 6.07) is 11.0. The molecule has 4 heterocycles. The van der Waals surface area contributed by atoms with Gasteiger partial charge in [0.2, 0.25) is 5.91 Å². The zero-order valence-corrected chi connectivity index (χ0v) is 24.2. The van der Waals surface area contributed by atoms with Crippen LogP contribution < -0.4 is 0 Å². The zero-order chi connectivity index (χ0) is 27.7. The Morgan fingerprint density at radius 2 is 1.67 bits per heavy atom. The summed E-state index contributed by atoms with van der Waals surface area (Å²) in [5.74, 6) is 1.77. The molecule has 1 aromatic carbocycles. The maximum Gasteiger partial charge on any atom is 0.261 e. The van der Waals surface area contributed by atoms with Crippen LogP contribution in [0.15, 0.2) is 48.4 Å². The van der Waals surface area contributed by atoms with Crippen molar-refractivity contribution in [2.24, 2.45) is 17.3 Å². The van der Waals surface area contributed by atoms with Gasteiger partial charge in [-0.25, -0.2) is 9.97 Å². The standard InChI is InChI=1S/C32H43N5O2/c1-22-29(23(2)34-21-33-22)30(38)37-19-26-17-35(18-27(26)20-37)14-13-28(24-9-7-6-8-10-24)25-11-15-36(16-12-25)31(39)32(3,4)5/h6-10,19,21,25,27-28H,11-18,20H2,1-5H3. The van der Waals surface area contributed by atoms with Gasteiger partial charge in [-0.1, -0.05) is 51.1 Å². The molecule has 0 saturated carbocycles. The molecular weight excluding hydrogens is 486 g/mol. The van der Waals surface area contributed by atoms with E-state index in [9.17, 15) is 9.59 Å². The van der Waals surface area contributed by atoms with E-state index in [1.165, 1.54) is 17.5 Å². The van der Waals surface area contributed by atoms with Gasteiger partial charge in [-0.15, -0.1) is 0 Å². The average molecular weight is 530 g/mol. The van der Waals surface area contributed by atoms with Crippen molar-refractivity contribution in [3.63, 3.8) is 0 Å². The highest BCUT2D eigenvalue weighted by molar-refractivity contribution is 5.97. The zero-order valence-electron chi connectivity index (χ0n) is 24.2. The van der Waals surface area contributed by atoms with Gasteiger partial charge in [-0.05, 0) is 62.6 Å². The highest BCUT2D eigenvalue weighted by Crippen LogP contribution is 2.38. The van der Waals surface area contributed by atoms with Gasteiger partial charge < -0.3 is 9.80 Å². The second-order valence-corrected chi connectivity index (χ2v) is 12.7. The first-order valence-corrected chi connectivity index (χ1v) is 14.5. The van der Waals surface area contributed by atoms with Crippen LogP contribution in [-0.2, 0) is 4.79 Å². The summed E-state index contributed by atoms with van der Waals surface area (Å²) in [5.41, 5.74) is 4.58. The van der Waals surface area contributed by atoms with Crippen molar-refractivity contribution in [2.45, 2.75) is 59.8 Å². The van der Waals surface area contributed by atoms with Crippen molar-refractivity contribution in [3.05, 3.63) is 70.9 Å². The Labute approximate surface area is 233 Å². The van der Waals surface area contributed by atoms with Gasteiger partial charge in [0.15, 0.2) is 0 Å². The fourth-order valence-electron chi connectivity index (χ4n) is 6.73. The molecule has 0 aliphatic carbocycles. The molecule has 1 aromatic heterocycles. The molecule has 0 spiro atoms. The van der Waals surface area contributed by atoms with Crippen molar-refractivity contribution >= 4 is 11.8 Å². The van der Waals surface area contributed by atoms with Crippen LogP contribution in [0.2, 0.25) is 0 Å². The molecule has 208 valence electrons. The lowest BCUT2D eigenvalue weighted by Crippen LogP contribution is -2.45. The molecule has 7 heteroatoms. The number of aryl methyl sites for hydroxylation is 2. The number of hydrogen-bond acceptors (Lipinski definition) is 5. The number of hydrogen-bond donors (Lipinski definition) is 0. The second kappa shape index (κ2) is 11.2. The van der Waals surface area contributed by atoms with Crippen molar-refractivity contribution in [2.75, 3.05) is 39.3 Å². The van der Waals surface area contributed by atoms with Crippen LogP contribution in [0.3, 0.4) is 0 Å². The minimum absolute atomic E-state index is 0.0134. The molecule has 0 radical (unpaired) electrons. The van der Waals surface area contributed by atoms with Crippen molar-refractivity contribution < 1.29 is 9.59 Å². The van der Waals surface area contributed by atoms with E-state index < -0.39 is 0 Å². The van der Waals surface area contributed by atoms with Gasteiger partial charge in [0.25, 0.3) is 5.91 Å². The van der Waals surface area contributed by atoms with Crippen LogP contribution in [0.5, 0.6) is 0 Å². The Balaban J connectivity index is 1.20. The average Bonchev–Trinajstić information content (AvgIpc) is 3.48. The molecule has 7 nitrogen and oxygen atoms in total. The summed E-state index contributed by atoms with van der Waals surface area (Å²) < 4.78 is 0. The van der Waals surface area contributed by atoms with E-state index in [1.54, 1.807) is 0 Å². The number of fused-ring (bicyclic) bond motifs is 1. The van der Waals surface area contributed by atoms with Crippen LogP contribution in [-0.4, -0.2) is 75.8 Å². The predicted octanol–water partition coefficient (Wildman–Crippen LogP) is 4.82. The molecule has 2 unspecified atom stereocenters. The van der Waals surface area contributed by atoms with E-state index >= 15 is 0 Å². The van der Waals surface area contributed by atoms with Gasteiger partial charge in [0, 0.05) is 50.3 Å². The molecule has 2 aromatic rings. The van der Waals surface area contributed by atoms with Gasteiger partial charge in [0.05, 0.1) is 17.0 Å². The molecule has 0 N–H and O–H groups in total. The first kappa shape index (κ1) is 27.5. The monoisotopic (exact) mass is 529 g/mol. The van der Waals surface area contributed by atoms with Crippen LogP contribution in [0.4, 0.5) is 0 Å². The van der Waals surface area contributed by atoms with E-state index in [-0.39, 0.29) is 17.2 Å². The number of carbonyl (C=O) groups is 2. The van der Waals surface area contributed by atoms with Gasteiger partial charge in [0.1, 0.15) is 6.33 Å². The molecule has 2 fully saturated rings. The largest absolute Gasteiger partial charge is 0.342 e. The number of aromatic nitrogens is 2. The third kappa shape index (κ3) is 5.93. The molecule has 2 atom stereocenters. The Kier molecular flexibility index (Phi) is 7.90. The van der Waals surface area contributed by atoms with E-state index in [2.05, 4.69) is 56.3 Å². The predicted molar refractivity (Wildman–Crippen MR) is 153 cm³/mol. The molecule has 3 aliphatic rings. The lowest BCUT2D eigenvalue weighted by Gasteiger charge is -2.39. The maximum atomic E-state index is 13.2. The lowest BCUT2D eigenvalue weighted by atomic mass is 9.77. The fraction of sp³-hybridized carbons (Fsp3) is 0.562. The number of nitrogens with zero attached hydrogens (tertiary/aromatic N) is 5. The normalized spacial score (nSPS) is 21.2. The van der Waals surface area contributed by atoms with Crippen LogP contribution in [0.25, 0.3) is 0 Å². The van der Waals surface area contributed by atoms with Gasteiger partial charge >= 0.3 is 0 Å². The molecule has 0 bridgehead atoms. The summed E-state index contributed by atoms with van der Waals surface area (Å²) in [6.45, 7) is 15.2. The van der Waals surface area contributed by atoms with Crippen LogP contribution in [0, 0.1) is 31.1 Å². The number of amides is 2. The van der Waals surface area contributed by atoms with Crippen molar-refractivity contribution in [1.29, 1.82) is 0 Å². The van der Waals surface area contributed by atoms with Gasteiger partial charge in [-0.3, -0.25) is 14.5 Å². The Hall–Kier alpha value is -3.06. The summed E-state index contributed by atoms with van der Waals surface area (Å²) >= 11 is 0. The third-order valence-corrected chi connectivity index (χ3v) is 8.87. The van der Waals surface area contributed by atoms with Gasteiger partial charge in [-0.2, -0.15) is 0 Å². The molecular formula is C32H43N5O2. The van der Waals surface area contributed by atoms with E-state index in [0.29, 0.717) is 23.3 Å². The quantitative estimate of drug-likeness (QED) is 0.537. The second-order valence-electron chi connectivity index (χ2n) is 12.7. The molecule has 2 amide bonds. The summed E-state index contributed by atoms with van der Waals surface area (Å²) in [5, 5.41) is 0. The van der Waals surface area contributed by atoms with Crippen molar-refractivity contribution in [1.82, 2.24) is 24.7 Å². The SMILES string of the molecule is Cc1ncnc(C)c1C(=O)N1C=C2CN(CCC(c3ccccc3)C3CCN(C(=O)C(C)(C)C)CC3)CC2C1. The highest BCUT2D eigenvalue weighted by atomic mass is 16.2. The Morgan fingerprint density at radius 1 is 1.00 bits per heavy atom. The van der Waals surface area contributed by atoms with E-state index in [1.807, 2.05) is 39.5 Å². The van der Waals surface area contributed by atoms with Crippen LogP contribution >= 0.6 is 0 Å². The molecule has 39 heavy (non-hydrogen) atoms. The number of likely N-dealkylation sites (tertiary alicyclic amines) is 2. The maximum absolute atomic E-state index is 13.2. The number of benzene rings is 1. The smallest absolute Gasteiger partial charge is 0.261 e. The highest BCUT2D eigenvalue weighted by Gasteiger charge is 2.37. The van der Waals surface area contributed by atoms with E-state index in [0.717, 1.165) is 69.9 Å². The molecule has 3 aliphatic heterocycles. The number of carbonyl (C=O) groups excluding carboxylic acids is 2.